The van der Waals surface area contributed by atoms with Crippen molar-refractivity contribution in [3.63, 3.8) is 0 Å². The van der Waals surface area contributed by atoms with Gasteiger partial charge < -0.3 is 4.74 Å². The first kappa shape index (κ1) is 22.7. The van der Waals surface area contributed by atoms with Crippen molar-refractivity contribution in [2.45, 2.75) is 77.0 Å². The normalized spacial score (nSPS) is 20.7. The molecule has 0 aromatic heterocycles. The number of unbranched alkanes of at least 4 members (excludes halogenated alkanes) is 1. The zero-order valence-corrected chi connectivity index (χ0v) is 17.8. The Kier molecular flexibility index (Phi) is 8.24. The van der Waals surface area contributed by atoms with Gasteiger partial charge >= 0.3 is 6.18 Å². The van der Waals surface area contributed by atoms with Crippen molar-refractivity contribution >= 4 is 0 Å². The highest BCUT2D eigenvalue weighted by Crippen LogP contribution is 2.37. The molecule has 0 heterocycles. The second kappa shape index (κ2) is 10.9. The van der Waals surface area contributed by atoms with Crippen molar-refractivity contribution in [3.05, 3.63) is 65.7 Å². The van der Waals surface area contributed by atoms with Crippen molar-refractivity contribution in [3.8, 4) is 5.75 Å². The molecule has 0 radical (unpaired) electrons. The van der Waals surface area contributed by atoms with E-state index in [1.165, 1.54) is 57.1 Å². The maximum atomic E-state index is 12.8. The lowest BCUT2D eigenvalue weighted by molar-refractivity contribution is -0.137. The van der Waals surface area contributed by atoms with E-state index in [-0.39, 0.29) is 6.10 Å². The summed E-state index contributed by atoms with van der Waals surface area (Å²) in [6, 6.07) is 15.1. The fourth-order valence-corrected chi connectivity index (χ4v) is 4.54. The Balaban J connectivity index is 1.59. The lowest BCUT2D eigenvalue weighted by Gasteiger charge is -2.30. The lowest BCUT2D eigenvalue weighted by Crippen LogP contribution is -2.16. The number of halogens is 3. The molecular formula is C26H33F3O. The maximum absolute atomic E-state index is 12.8. The van der Waals surface area contributed by atoms with E-state index >= 15 is 0 Å². The van der Waals surface area contributed by atoms with Gasteiger partial charge in [0.05, 0.1) is 5.56 Å². The molecule has 3 rings (SSSR count). The summed E-state index contributed by atoms with van der Waals surface area (Å²) in [5, 5.41) is 0. The summed E-state index contributed by atoms with van der Waals surface area (Å²) in [5.41, 5.74) is 0.431. The second-order valence-corrected chi connectivity index (χ2v) is 8.65. The number of rotatable bonds is 9. The first-order chi connectivity index (χ1) is 14.5. The molecule has 0 spiro atoms. The van der Waals surface area contributed by atoms with Crippen molar-refractivity contribution < 1.29 is 17.9 Å². The summed E-state index contributed by atoms with van der Waals surface area (Å²) in [7, 11) is 0. The minimum atomic E-state index is -4.33. The average Bonchev–Trinajstić information content (AvgIpc) is 2.76. The first-order valence-corrected chi connectivity index (χ1v) is 11.3. The van der Waals surface area contributed by atoms with Crippen LogP contribution in [-0.2, 0) is 6.18 Å². The summed E-state index contributed by atoms with van der Waals surface area (Å²) in [5.74, 6) is 2.11. The van der Waals surface area contributed by atoms with E-state index in [1.54, 1.807) is 0 Å². The molecule has 0 N–H and O–H groups in total. The summed E-state index contributed by atoms with van der Waals surface area (Å²) in [4.78, 5) is 0. The standard InChI is InChI=1S/C26H33F3O/c1-2-3-7-20-10-12-21(13-11-20)14-19-25(22-8-5-4-6-9-22)30-24-17-15-23(16-18-24)26(27,28)29/h4-6,8-9,15-18,20-21,25H,2-3,7,10-14,19H2,1H3/t20-,21-,25?. The average molecular weight is 419 g/mol. The minimum absolute atomic E-state index is 0.138. The summed E-state index contributed by atoms with van der Waals surface area (Å²) < 4.78 is 44.7. The van der Waals surface area contributed by atoms with Crippen LogP contribution in [0.15, 0.2) is 54.6 Å². The van der Waals surface area contributed by atoms with Gasteiger partial charge in [-0.3, -0.25) is 0 Å². The highest BCUT2D eigenvalue weighted by molar-refractivity contribution is 5.30. The Morgan fingerprint density at radius 3 is 2.03 bits per heavy atom. The third-order valence-electron chi connectivity index (χ3n) is 6.40. The molecule has 4 heteroatoms. The van der Waals surface area contributed by atoms with E-state index in [1.807, 2.05) is 30.3 Å². The van der Waals surface area contributed by atoms with E-state index in [4.69, 9.17) is 4.74 Å². The molecule has 0 saturated heterocycles. The van der Waals surface area contributed by atoms with Gasteiger partial charge in [-0.05, 0) is 54.5 Å². The molecular weight excluding hydrogens is 385 g/mol. The summed E-state index contributed by atoms with van der Waals surface area (Å²) >= 11 is 0. The molecule has 1 atom stereocenters. The van der Waals surface area contributed by atoms with E-state index in [2.05, 4.69) is 6.92 Å². The lowest BCUT2D eigenvalue weighted by atomic mass is 9.77. The highest BCUT2D eigenvalue weighted by atomic mass is 19.4. The smallest absolute Gasteiger partial charge is 0.416 e. The Morgan fingerprint density at radius 2 is 1.47 bits per heavy atom. The van der Waals surface area contributed by atoms with Crippen LogP contribution in [0.5, 0.6) is 5.75 Å². The number of hydrogen-bond acceptors (Lipinski definition) is 1. The molecule has 0 bridgehead atoms. The molecule has 0 aliphatic heterocycles. The summed E-state index contributed by atoms with van der Waals surface area (Å²) in [6.07, 6.45) is 6.75. The van der Waals surface area contributed by atoms with Crippen LogP contribution in [0, 0.1) is 11.8 Å². The Hall–Kier alpha value is -1.97. The van der Waals surface area contributed by atoms with E-state index < -0.39 is 11.7 Å². The van der Waals surface area contributed by atoms with E-state index in [0.717, 1.165) is 42.4 Å². The first-order valence-electron chi connectivity index (χ1n) is 11.3. The van der Waals surface area contributed by atoms with Gasteiger partial charge in [0.1, 0.15) is 11.9 Å². The predicted molar refractivity (Wildman–Crippen MR) is 115 cm³/mol. The fourth-order valence-electron chi connectivity index (χ4n) is 4.54. The van der Waals surface area contributed by atoms with Gasteiger partial charge in [-0.2, -0.15) is 13.2 Å². The molecule has 164 valence electrons. The zero-order chi connectivity index (χ0) is 21.4. The molecule has 30 heavy (non-hydrogen) atoms. The molecule has 1 nitrogen and oxygen atoms in total. The van der Waals surface area contributed by atoms with Crippen molar-refractivity contribution in [1.82, 2.24) is 0 Å². The minimum Gasteiger partial charge on any atom is -0.486 e. The molecule has 2 aromatic carbocycles. The van der Waals surface area contributed by atoms with Crippen molar-refractivity contribution in [2.75, 3.05) is 0 Å². The largest absolute Gasteiger partial charge is 0.486 e. The SMILES string of the molecule is CCCC[C@H]1CC[C@H](CCC(Oc2ccc(C(F)(F)F)cc2)c2ccccc2)CC1. The van der Waals surface area contributed by atoms with Gasteiger partial charge in [0, 0.05) is 0 Å². The van der Waals surface area contributed by atoms with Gasteiger partial charge in [0.2, 0.25) is 0 Å². The number of alkyl halides is 3. The Bertz CT molecular complexity index is 731. The molecule has 1 unspecified atom stereocenters. The van der Waals surface area contributed by atoms with Crippen LogP contribution in [0.2, 0.25) is 0 Å². The molecule has 1 aliphatic rings. The second-order valence-electron chi connectivity index (χ2n) is 8.65. The summed E-state index contributed by atoms with van der Waals surface area (Å²) in [6.45, 7) is 2.26. The van der Waals surface area contributed by atoms with Crippen LogP contribution < -0.4 is 4.74 Å². The number of benzene rings is 2. The third-order valence-corrected chi connectivity index (χ3v) is 6.40. The number of hydrogen-bond donors (Lipinski definition) is 0. The molecule has 1 aliphatic carbocycles. The van der Waals surface area contributed by atoms with Crippen LogP contribution in [0.1, 0.15) is 81.9 Å². The molecule has 1 saturated carbocycles. The van der Waals surface area contributed by atoms with Crippen LogP contribution in [0.25, 0.3) is 0 Å². The molecule has 0 amide bonds. The van der Waals surface area contributed by atoms with Crippen LogP contribution in [0.4, 0.5) is 13.2 Å². The Labute approximate surface area is 178 Å². The topological polar surface area (TPSA) is 9.23 Å². The van der Waals surface area contributed by atoms with E-state index in [9.17, 15) is 13.2 Å². The van der Waals surface area contributed by atoms with Crippen LogP contribution in [0.3, 0.4) is 0 Å². The van der Waals surface area contributed by atoms with Crippen LogP contribution in [-0.4, -0.2) is 0 Å². The number of ether oxygens (including phenoxy) is 1. The maximum Gasteiger partial charge on any atom is 0.416 e. The van der Waals surface area contributed by atoms with Crippen molar-refractivity contribution in [2.24, 2.45) is 11.8 Å². The van der Waals surface area contributed by atoms with Gasteiger partial charge in [0.25, 0.3) is 0 Å². The quantitative estimate of drug-likeness (QED) is 0.396. The van der Waals surface area contributed by atoms with Gasteiger partial charge in [0.15, 0.2) is 0 Å². The fraction of sp³-hybridized carbons (Fsp3) is 0.538. The Morgan fingerprint density at radius 1 is 0.867 bits per heavy atom. The highest BCUT2D eigenvalue weighted by Gasteiger charge is 2.30. The zero-order valence-electron chi connectivity index (χ0n) is 17.8. The van der Waals surface area contributed by atoms with Gasteiger partial charge in [-0.25, -0.2) is 0 Å². The van der Waals surface area contributed by atoms with Crippen molar-refractivity contribution in [1.29, 1.82) is 0 Å². The molecule has 2 aromatic rings. The third kappa shape index (κ3) is 6.78. The van der Waals surface area contributed by atoms with Gasteiger partial charge in [-0.15, -0.1) is 0 Å². The predicted octanol–water partition coefficient (Wildman–Crippen LogP) is 8.60. The van der Waals surface area contributed by atoms with Gasteiger partial charge in [-0.1, -0.05) is 82.2 Å². The van der Waals surface area contributed by atoms with E-state index in [0.29, 0.717) is 5.75 Å². The monoisotopic (exact) mass is 418 g/mol. The molecule has 1 fully saturated rings. The van der Waals surface area contributed by atoms with Crippen LogP contribution >= 0.6 is 0 Å².